The summed E-state index contributed by atoms with van der Waals surface area (Å²) < 4.78 is 5.36. The van der Waals surface area contributed by atoms with E-state index in [4.69, 9.17) is 10.5 Å². The average molecular weight is 359 g/mol. The number of rotatable bonds is 4. The molecule has 1 aromatic carbocycles. The number of carbonyl (C=O) groups excluding carboxylic acids is 2. The van der Waals surface area contributed by atoms with Crippen molar-refractivity contribution in [1.29, 1.82) is 0 Å². The molecule has 2 saturated carbocycles. The summed E-state index contributed by atoms with van der Waals surface area (Å²) in [5.74, 6) is 1.32. The molecule has 2 aliphatic rings. The summed E-state index contributed by atoms with van der Waals surface area (Å²) in [5.41, 5.74) is 7.40. The third-order valence-corrected chi connectivity index (χ3v) is 5.89. The van der Waals surface area contributed by atoms with Crippen LogP contribution in [0.3, 0.4) is 0 Å². The zero-order chi connectivity index (χ0) is 18.8. The SMILES string of the molecule is COc1ccc(C(=O)N(C)C)cc1NC(=O)C1CC2CCCC(C1)C2N. The van der Waals surface area contributed by atoms with Crippen molar-refractivity contribution in [3.8, 4) is 5.75 Å². The first kappa shape index (κ1) is 18.7. The van der Waals surface area contributed by atoms with Crippen LogP contribution in [-0.2, 0) is 4.79 Å². The van der Waals surface area contributed by atoms with Crippen LogP contribution in [0.2, 0.25) is 0 Å². The first-order chi connectivity index (χ1) is 12.4. The van der Waals surface area contributed by atoms with Crippen LogP contribution in [0.1, 0.15) is 42.5 Å². The highest BCUT2D eigenvalue weighted by Gasteiger charge is 2.40. The van der Waals surface area contributed by atoms with Crippen LogP contribution >= 0.6 is 0 Å². The molecule has 0 aromatic heterocycles. The van der Waals surface area contributed by atoms with Gasteiger partial charge in [0.2, 0.25) is 5.91 Å². The number of hydrogen-bond acceptors (Lipinski definition) is 4. The predicted octanol–water partition coefficient (Wildman–Crippen LogP) is 2.49. The maximum absolute atomic E-state index is 12.9. The van der Waals surface area contributed by atoms with Gasteiger partial charge in [0.1, 0.15) is 5.75 Å². The Morgan fingerprint density at radius 2 is 1.85 bits per heavy atom. The van der Waals surface area contributed by atoms with E-state index in [1.807, 2.05) is 0 Å². The van der Waals surface area contributed by atoms with Crippen LogP contribution in [-0.4, -0.2) is 44.0 Å². The summed E-state index contributed by atoms with van der Waals surface area (Å²) >= 11 is 0. The minimum absolute atomic E-state index is 0.00144. The third-order valence-electron chi connectivity index (χ3n) is 5.89. The molecule has 0 saturated heterocycles. The minimum atomic E-state index is -0.110. The van der Waals surface area contributed by atoms with E-state index in [-0.39, 0.29) is 23.8 Å². The van der Waals surface area contributed by atoms with Gasteiger partial charge < -0.3 is 20.7 Å². The first-order valence-corrected chi connectivity index (χ1v) is 9.36. The Morgan fingerprint density at radius 3 is 2.42 bits per heavy atom. The number of nitrogens with two attached hydrogens (primary N) is 1. The van der Waals surface area contributed by atoms with E-state index in [0.717, 1.165) is 25.7 Å². The zero-order valence-electron chi connectivity index (χ0n) is 15.8. The van der Waals surface area contributed by atoms with Crippen molar-refractivity contribution in [1.82, 2.24) is 4.90 Å². The fraction of sp³-hybridized carbons (Fsp3) is 0.600. The molecular formula is C20H29N3O3. The quantitative estimate of drug-likeness (QED) is 0.865. The molecule has 2 aliphatic carbocycles. The van der Waals surface area contributed by atoms with Crippen LogP contribution < -0.4 is 15.8 Å². The topological polar surface area (TPSA) is 84.7 Å². The van der Waals surface area contributed by atoms with E-state index in [2.05, 4.69) is 5.32 Å². The highest BCUT2D eigenvalue weighted by Crippen LogP contribution is 2.42. The van der Waals surface area contributed by atoms with Gasteiger partial charge in [-0.15, -0.1) is 0 Å². The maximum Gasteiger partial charge on any atom is 0.253 e. The smallest absolute Gasteiger partial charge is 0.253 e. The largest absolute Gasteiger partial charge is 0.495 e. The van der Waals surface area contributed by atoms with Crippen molar-refractivity contribution in [2.75, 3.05) is 26.5 Å². The second-order valence-electron chi connectivity index (χ2n) is 7.80. The summed E-state index contributed by atoms with van der Waals surface area (Å²) in [7, 11) is 4.96. The van der Waals surface area contributed by atoms with Gasteiger partial charge >= 0.3 is 0 Å². The number of ether oxygens (including phenoxy) is 1. The molecule has 2 bridgehead atoms. The number of benzene rings is 1. The Bertz CT molecular complexity index is 675. The van der Waals surface area contributed by atoms with Crippen molar-refractivity contribution in [3.05, 3.63) is 23.8 Å². The summed E-state index contributed by atoms with van der Waals surface area (Å²) in [6.45, 7) is 0. The van der Waals surface area contributed by atoms with Crippen molar-refractivity contribution < 1.29 is 14.3 Å². The number of amides is 2. The number of nitrogens with zero attached hydrogens (tertiary/aromatic N) is 1. The maximum atomic E-state index is 12.9. The molecule has 0 radical (unpaired) electrons. The average Bonchev–Trinajstić information content (AvgIpc) is 2.60. The van der Waals surface area contributed by atoms with Crippen LogP contribution in [0.25, 0.3) is 0 Å². The van der Waals surface area contributed by atoms with Crippen LogP contribution in [0.5, 0.6) is 5.75 Å². The summed E-state index contributed by atoms with van der Waals surface area (Å²) in [4.78, 5) is 26.6. The molecule has 6 nitrogen and oxygen atoms in total. The second-order valence-corrected chi connectivity index (χ2v) is 7.80. The lowest BCUT2D eigenvalue weighted by Crippen LogP contribution is -2.48. The number of anilines is 1. The third kappa shape index (κ3) is 3.70. The fourth-order valence-electron chi connectivity index (χ4n) is 4.43. The number of nitrogens with one attached hydrogen (secondary N) is 1. The Labute approximate surface area is 155 Å². The molecule has 26 heavy (non-hydrogen) atoms. The van der Waals surface area contributed by atoms with Crippen molar-refractivity contribution >= 4 is 17.5 Å². The summed E-state index contributed by atoms with van der Waals surface area (Å²) in [6.07, 6.45) is 5.17. The number of hydrogen-bond donors (Lipinski definition) is 2. The molecule has 3 N–H and O–H groups in total. The molecule has 2 atom stereocenters. The molecular weight excluding hydrogens is 330 g/mol. The van der Waals surface area contributed by atoms with Gasteiger partial charge in [0, 0.05) is 31.6 Å². The standard InChI is InChI=1S/C20H29N3O3/c1-23(2)20(25)14-7-8-17(26-3)16(11-14)22-19(24)15-9-12-5-4-6-13(10-15)18(12)21/h7-8,11-13,15,18H,4-6,9-10,21H2,1-3H3,(H,22,24). The highest BCUT2D eigenvalue weighted by atomic mass is 16.5. The van der Waals surface area contributed by atoms with E-state index in [9.17, 15) is 9.59 Å². The van der Waals surface area contributed by atoms with Gasteiger partial charge in [-0.25, -0.2) is 0 Å². The molecule has 2 amide bonds. The summed E-state index contributed by atoms with van der Waals surface area (Å²) in [5, 5.41) is 2.99. The molecule has 6 heteroatoms. The molecule has 0 heterocycles. The van der Waals surface area contributed by atoms with E-state index < -0.39 is 0 Å². The summed E-state index contributed by atoms with van der Waals surface area (Å²) in [6, 6.07) is 5.36. The van der Waals surface area contributed by atoms with Crippen molar-refractivity contribution in [3.63, 3.8) is 0 Å². The van der Waals surface area contributed by atoms with E-state index in [0.29, 0.717) is 28.8 Å². The van der Waals surface area contributed by atoms with Crippen molar-refractivity contribution in [2.45, 2.75) is 38.1 Å². The predicted molar refractivity (Wildman–Crippen MR) is 101 cm³/mol. The Hall–Kier alpha value is -2.08. The molecule has 2 unspecified atom stereocenters. The lowest BCUT2D eigenvalue weighted by Gasteiger charge is -2.43. The Morgan fingerprint density at radius 1 is 1.19 bits per heavy atom. The Balaban J connectivity index is 1.76. The fourth-order valence-corrected chi connectivity index (χ4v) is 4.43. The van der Waals surface area contributed by atoms with Crippen LogP contribution in [0.4, 0.5) is 5.69 Å². The molecule has 1 aromatic rings. The number of fused-ring (bicyclic) bond motifs is 2. The van der Waals surface area contributed by atoms with E-state index >= 15 is 0 Å². The molecule has 142 valence electrons. The van der Waals surface area contributed by atoms with Gasteiger partial charge in [0.15, 0.2) is 0 Å². The lowest BCUT2D eigenvalue weighted by atomic mass is 9.65. The van der Waals surface area contributed by atoms with E-state index in [1.54, 1.807) is 39.4 Å². The Kier molecular flexibility index (Phi) is 5.51. The van der Waals surface area contributed by atoms with Gasteiger partial charge in [-0.3, -0.25) is 9.59 Å². The highest BCUT2D eigenvalue weighted by molar-refractivity contribution is 5.98. The van der Waals surface area contributed by atoms with Gasteiger partial charge in [0.25, 0.3) is 5.91 Å². The number of methoxy groups -OCH3 is 1. The molecule has 0 aliphatic heterocycles. The van der Waals surface area contributed by atoms with E-state index in [1.165, 1.54) is 11.3 Å². The van der Waals surface area contributed by atoms with Gasteiger partial charge in [-0.05, 0) is 55.7 Å². The lowest BCUT2D eigenvalue weighted by molar-refractivity contribution is -0.122. The van der Waals surface area contributed by atoms with Crippen LogP contribution in [0.15, 0.2) is 18.2 Å². The second kappa shape index (κ2) is 7.66. The van der Waals surface area contributed by atoms with Gasteiger partial charge in [-0.1, -0.05) is 6.42 Å². The zero-order valence-corrected chi connectivity index (χ0v) is 15.8. The van der Waals surface area contributed by atoms with Gasteiger partial charge in [-0.2, -0.15) is 0 Å². The monoisotopic (exact) mass is 359 g/mol. The van der Waals surface area contributed by atoms with Gasteiger partial charge in [0.05, 0.1) is 12.8 Å². The van der Waals surface area contributed by atoms with Crippen molar-refractivity contribution in [2.24, 2.45) is 23.5 Å². The van der Waals surface area contributed by atoms with Crippen LogP contribution in [0, 0.1) is 17.8 Å². The minimum Gasteiger partial charge on any atom is -0.495 e. The normalized spacial score (nSPS) is 27.5. The molecule has 2 fully saturated rings. The molecule has 0 spiro atoms. The number of carbonyl (C=O) groups is 2. The molecule has 3 rings (SSSR count). The first-order valence-electron chi connectivity index (χ1n) is 9.36.